The molecule has 8 heteroatoms. The Balaban J connectivity index is 1.46. The topological polar surface area (TPSA) is 80.0 Å². The Morgan fingerprint density at radius 2 is 1.88 bits per heavy atom. The summed E-state index contributed by atoms with van der Waals surface area (Å²) in [5.74, 6) is 0.889. The smallest absolute Gasteiger partial charge is 0.278 e. The van der Waals surface area contributed by atoms with Crippen LogP contribution < -0.4 is 10.5 Å². The van der Waals surface area contributed by atoms with Gasteiger partial charge in [-0.05, 0) is 12.1 Å². The van der Waals surface area contributed by atoms with Gasteiger partial charge in [0.05, 0.1) is 18.3 Å². The summed E-state index contributed by atoms with van der Waals surface area (Å²) in [5, 5.41) is 8.78. The zero-order chi connectivity index (χ0) is 16.4. The lowest BCUT2D eigenvalue weighted by Gasteiger charge is -2.34. The largest absolute Gasteiger partial charge is 0.353 e. The number of nitrogens with zero attached hydrogens (tertiary/aromatic N) is 7. The average Bonchev–Trinajstić information content (AvgIpc) is 2.66. The molecule has 122 valence electrons. The molecule has 0 saturated carbocycles. The Morgan fingerprint density at radius 3 is 2.67 bits per heavy atom. The Hall–Kier alpha value is -2.87. The summed E-state index contributed by atoms with van der Waals surface area (Å²) < 4.78 is 1.43. The summed E-state index contributed by atoms with van der Waals surface area (Å²) in [6, 6.07) is 7.28. The second-order valence-corrected chi connectivity index (χ2v) is 5.72. The first-order valence-electron chi connectivity index (χ1n) is 7.87. The second kappa shape index (κ2) is 6.32. The minimum Gasteiger partial charge on any atom is -0.353 e. The SMILES string of the molecule is O=c1c2ccccc2nnn1CN1CCN(c2cnccn2)CC1. The molecule has 0 amide bonds. The van der Waals surface area contributed by atoms with Crippen LogP contribution in [0.25, 0.3) is 10.9 Å². The number of hydrogen-bond acceptors (Lipinski definition) is 7. The van der Waals surface area contributed by atoms with Crippen molar-refractivity contribution in [3.05, 3.63) is 53.2 Å². The van der Waals surface area contributed by atoms with Gasteiger partial charge in [0, 0.05) is 38.6 Å². The second-order valence-electron chi connectivity index (χ2n) is 5.72. The van der Waals surface area contributed by atoms with Gasteiger partial charge in [0.25, 0.3) is 5.56 Å². The first-order valence-corrected chi connectivity index (χ1v) is 7.87. The molecule has 0 N–H and O–H groups in total. The minimum atomic E-state index is -0.100. The van der Waals surface area contributed by atoms with Gasteiger partial charge in [-0.2, -0.15) is 4.68 Å². The van der Waals surface area contributed by atoms with Crippen LogP contribution in [0.4, 0.5) is 5.82 Å². The van der Waals surface area contributed by atoms with Gasteiger partial charge in [-0.25, -0.2) is 4.98 Å². The molecule has 24 heavy (non-hydrogen) atoms. The van der Waals surface area contributed by atoms with Gasteiger partial charge in [-0.15, -0.1) is 5.10 Å². The van der Waals surface area contributed by atoms with Crippen LogP contribution in [0.2, 0.25) is 0 Å². The number of rotatable bonds is 3. The molecule has 3 heterocycles. The van der Waals surface area contributed by atoms with Crippen molar-refractivity contribution >= 4 is 16.7 Å². The van der Waals surface area contributed by atoms with Crippen molar-refractivity contribution in [2.24, 2.45) is 0 Å². The van der Waals surface area contributed by atoms with Crippen LogP contribution >= 0.6 is 0 Å². The molecule has 1 fully saturated rings. The Bertz CT molecular complexity index is 888. The quantitative estimate of drug-likeness (QED) is 0.688. The van der Waals surface area contributed by atoms with Crippen LogP contribution in [0, 0.1) is 0 Å². The van der Waals surface area contributed by atoms with Crippen LogP contribution in [0.15, 0.2) is 47.7 Å². The van der Waals surface area contributed by atoms with E-state index in [1.54, 1.807) is 30.7 Å². The van der Waals surface area contributed by atoms with E-state index in [-0.39, 0.29) is 5.56 Å². The maximum Gasteiger partial charge on any atom is 0.278 e. The first-order chi connectivity index (χ1) is 11.8. The van der Waals surface area contributed by atoms with Crippen LogP contribution in [0.1, 0.15) is 0 Å². The van der Waals surface area contributed by atoms with Crippen LogP contribution in [-0.2, 0) is 6.67 Å². The fourth-order valence-electron chi connectivity index (χ4n) is 2.88. The Morgan fingerprint density at radius 1 is 1.04 bits per heavy atom. The molecule has 0 atom stereocenters. The highest BCUT2D eigenvalue weighted by atomic mass is 16.1. The van der Waals surface area contributed by atoms with Gasteiger partial charge in [0.15, 0.2) is 0 Å². The monoisotopic (exact) mass is 323 g/mol. The van der Waals surface area contributed by atoms with E-state index in [0.29, 0.717) is 17.6 Å². The maximum absolute atomic E-state index is 12.5. The molecule has 3 aromatic rings. The van der Waals surface area contributed by atoms with E-state index in [9.17, 15) is 4.79 Å². The summed E-state index contributed by atoms with van der Waals surface area (Å²) >= 11 is 0. The van der Waals surface area contributed by atoms with Crippen molar-refractivity contribution in [2.45, 2.75) is 6.67 Å². The van der Waals surface area contributed by atoms with Crippen molar-refractivity contribution in [3.8, 4) is 0 Å². The Labute approximate surface area is 138 Å². The van der Waals surface area contributed by atoms with Crippen molar-refractivity contribution in [1.29, 1.82) is 0 Å². The summed E-state index contributed by atoms with van der Waals surface area (Å²) in [6.45, 7) is 3.79. The fourth-order valence-corrected chi connectivity index (χ4v) is 2.88. The minimum absolute atomic E-state index is 0.100. The summed E-state index contributed by atoms with van der Waals surface area (Å²) in [5.41, 5.74) is 0.531. The molecular formula is C16H17N7O. The molecule has 0 aliphatic carbocycles. The van der Waals surface area contributed by atoms with Crippen molar-refractivity contribution in [3.63, 3.8) is 0 Å². The van der Waals surface area contributed by atoms with E-state index in [0.717, 1.165) is 32.0 Å². The van der Waals surface area contributed by atoms with Gasteiger partial charge < -0.3 is 4.90 Å². The molecule has 1 aliphatic heterocycles. The van der Waals surface area contributed by atoms with Crippen LogP contribution in [-0.4, -0.2) is 56.0 Å². The highest BCUT2D eigenvalue weighted by molar-refractivity contribution is 5.76. The Kier molecular flexibility index (Phi) is 3.87. The molecular weight excluding hydrogens is 306 g/mol. The maximum atomic E-state index is 12.5. The summed E-state index contributed by atoms with van der Waals surface area (Å²) in [4.78, 5) is 25.3. The van der Waals surface area contributed by atoms with E-state index in [1.165, 1.54) is 4.68 Å². The molecule has 2 aromatic heterocycles. The zero-order valence-electron chi connectivity index (χ0n) is 13.1. The molecule has 4 rings (SSSR count). The van der Waals surface area contributed by atoms with Gasteiger partial charge >= 0.3 is 0 Å². The predicted octanol–water partition coefficient (Wildman–Crippen LogP) is 0.361. The molecule has 0 bridgehead atoms. The van der Waals surface area contributed by atoms with Gasteiger partial charge in [0.2, 0.25) is 0 Å². The number of anilines is 1. The molecule has 0 radical (unpaired) electrons. The van der Waals surface area contributed by atoms with Gasteiger partial charge in [0.1, 0.15) is 11.3 Å². The molecule has 1 aromatic carbocycles. The van der Waals surface area contributed by atoms with Crippen LogP contribution in [0.3, 0.4) is 0 Å². The van der Waals surface area contributed by atoms with Crippen molar-refractivity contribution < 1.29 is 0 Å². The fraction of sp³-hybridized carbons (Fsp3) is 0.312. The van der Waals surface area contributed by atoms with Gasteiger partial charge in [-0.3, -0.25) is 14.7 Å². The summed E-state index contributed by atoms with van der Waals surface area (Å²) in [6.07, 6.45) is 5.14. The van der Waals surface area contributed by atoms with E-state index in [2.05, 4.69) is 30.1 Å². The standard InChI is InChI=1S/C16H17N7O/c24-16-13-3-1-2-4-14(13)19-20-23(16)12-21-7-9-22(10-8-21)15-11-17-5-6-18-15/h1-6,11H,7-10,12H2. The molecule has 0 spiro atoms. The molecule has 1 aliphatic rings. The van der Waals surface area contributed by atoms with E-state index >= 15 is 0 Å². The number of aromatic nitrogens is 5. The lowest BCUT2D eigenvalue weighted by Crippen LogP contribution is -2.48. The molecule has 0 unspecified atom stereocenters. The first kappa shape index (κ1) is 14.7. The van der Waals surface area contributed by atoms with Crippen LogP contribution in [0.5, 0.6) is 0 Å². The third-order valence-corrected chi connectivity index (χ3v) is 4.21. The predicted molar refractivity (Wildman–Crippen MR) is 89.6 cm³/mol. The zero-order valence-corrected chi connectivity index (χ0v) is 13.1. The van der Waals surface area contributed by atoms with Gasteiger partial charge in [-0.1, -0.05) is 17.3 Å². The van der Waals surface area contributed by atoms with E-state index in [4.69, 9.17) is 0 Å². The molecule has 8 nitrogen and oxygen atoms in total. The lowest BCUT2D eigenvalue weighted by molar-refractivity contribution is 0.188. The van der Waals surface area contributed by atoms with Crippen molar-refractivity contribution in [1.82, 2.24) is 29.9 Å². The number of hydrogen-bond donors (Lipinski definition) is 0. The number of piperazine rings is 1. The third-order valence-electron chi connectivity index (χ3n) is 4.21. The van der Waals surface area contributed by atoms with E-state index < -0.39 is 0 Å². The highest BCUT2D eigenvalue weighted by Crippen LogP contribution is 2.11. The highest BCUT2D eigenvalue weighted by Gasteiger charge is 2.19. The summed E-state index contributed by atoms with van der Waals surface area (Å²) in [7, 11) is 0. The normalized spacial score (nSPS) is 15.8. The third kappa shape index (κ3) is 2.83. The number of fused-ring (bicyclic) bond motifs is 1. The average molecular weight is 323 g/mol. The molecule has 1 saturated heterocycles. The van der Waals surface area contributed by atoms with E-state index in [1.807, 2.05) is 12.1 Å². The van der Waals surface area contributed by atoms with Crippen molar-refractivity contribution in [2.75, 3.05) is 31.1 Å². The number of benzene rings is 1. The lowest BCUT2D eigenvalue weighted by atomic mass is 10.2.